The van der Waals surface area contributed by atoms with Gasteiger partial charge in [0.05, 0.1) is 19.4 Å². The molecule has 3 N–H and O–H groups in total. The molecule has 6 nitrogen and oxygen atoms in total. The number of rotatable bonds is 8. The lowest BCUT2D eigenvalue weighted by molar-refractivity contribution is -0.124. The van der Waals surface area contributed by atoms with E-state index in [2.05, 4.69) is 22.7 Å². The summed E-state index contributed by atoms with van der Waals surface area (Å²) in [7, 11) is 1.56. The Kier molecular flexibility index (Phi) is 7.46. The Morgan fingerprint density at radius 1 is 1.11 bits per heavy atom. The number of hydrogen-bond donors (Lipinski definition) is 3. The lowest BCUT2D eigenvalue weighted by atomic mass is 10.2. The van der Waals surface area contributed by atoms with Crippen molar-refractivity contribution in [3.8, 4) is 5.75 Å². The fourth-order valence-corrected chi connectivity index (χ4v) is 2.23. The Hall–Kier alpha value is -3.25. The van der Waals surface area contributed by atoms with Crippen LogP contribution in [0.15, 0.2) is 61.2 Å². The van der Waals surface area contributed by atoms with Crippen LogP contribution in [0.2, 0.25) is 5.02 Å². The number of para-hydroxylation sites is 1. The number of carbonyl (C=O) groups is 2. The summed E-state index contributed by atoms with van der Waals surface area (Å²) in [5, 5.41) is 3.11. The van der Waals surface area contributed by atoms with Crippen LogP contribution in [0.4, 0.5) is 0 Å². The van der Waals surface area contributed by atoms with E-state index in [1.807, 2.05) is 18.2 Å². The summed E-state index contributed by atoms with van der Waals surface area (Å²) < 4.78 is 5.20. The van der Waals surface area contributed by atoms with Crippen LogP contribution in [-0.2, 0) is 9.59 Å². The lowest BCUT2D eigenvalue weighted by Gasteiger charge is -2.11. The van der Waals surface area contributed by atoms with E-state index in [0.717, 1.165) is 11.1 Å². The number of halogens is 1. The molecule has 0 saturated heterocycles. The highest BCUT2D eigenvalue weighted by Crippen LogP contribution is 2.18. The predicted octanol–water partition coefficient (Wildman–Crippen LogP) is 2.77. The Bertz CT molecular complexity index is 848. The molecule has 2 rings (SSSR count). The SMILES string of the molecule is C=C(NNC(=O)CNC(=O)/C=C/c1ccccc1OC)c1ccc(Cl)cc1. The fraction of sp³-hybridized carbons (Fsp3) is 0.100. The van der Waals surface area contributed by atoms with Crippen LogP contribution in [-0.4, -0.2) is 25.5 Å². The van der Waals surface area contributed by atoms with Crippen LogP contribution >= 0.6 is 11.6 Å². The molecule has 0 saturated carbocycles. The molecular formula is C20H20ClN3O3. The average Bonchev–Trinajstić information content (AvgIpc) is 2.69. The average molecular weight is 386 g/mol. The minimum atomic E-state index is -0.413. The first-order chi connectivity index (χ1) is 13.0. The molecular weight excluding hydrogens is 366 g/mol. The van der Waals surface area contributed by atoms with Gasteiger partial charge in [0.15, 0.2) is 0 Å². The third-order valence-corrected chi connectivity index (χ3v) is 3.77. The predicted molar refractivity (Wildman–Crippen MR) is 107 cm³/mol. The summed E-state index contributed by atoms with van der Waals surface area (Å²) in [6.45, 7) is 3.64. The van der Waals surface area contributed by atoms with Crippen molar-refractivity contribution in [1.82, 2.24) is 16.2 Å². The maximum atomic E-state index is 11.8. The summed E-state index contributed by atoms with van der Waals surface area (Å²) in [5.41, 5.74) is 7.20. The Labute approximate surface area is 162 Å². The van der Waals surface area contributed by atoms with E-state index in [-0.39, 0.29) is 6.54 Å². The molecule has 0 fully saturated rings. The number of nitrogens with one attached hydrogen (secondary N) is 3. The number of carbonyl (C=O) groups excluding carboxylic acids is 2. The van der Waals surface area contributed by atoms with E-state index in [4.69, 9.17) is 16.3 Å². The van der Waals surface area contributed by atoms with Gasteiger partial charge < -0.3 is 10.1 Å². The highest BCUT2D eigenvalue weighted by atomic mass is 35.5. The normalized spacial score (nSPS) is 10.3. The zero-order chi connectivity index (χ0) is 19.6. The van der Waals surface area contributed by atoms with Crippen molar-refractivity contribution in [2.45, 2.75) is 0 Å². The number of hydrazine groups is 1. The molecule has 0 aromatic heterocycles. The minimum Gasteiger partial charge on any atom is -0.496 e. The molecule has 7 heteroatoms. The zero-order valence-corrected chi connectivity index (χ0v) is 15.5. The number of methoxy groups -OCH3 is 1. The first kappa shape index (κ1) is 20.1. The number of hydrogen-bond acceptors (Lipinski definition) is 4. The Morgan fingerprint density at radius 3 is 2.52 bits per heavy atom. The monoisotopic (exact) mass is 385 g/mol. The van der Waals surface area contributed by atoms with Crippen molar-refractivity contribution >= 4 is 35.2 Å². The molecule has 27 heavy (non-hydrogen) atoms. The second kappa shape index (κ2) is 10.0. The van der Waals surface area contributed by atoms with Crippen molar-refractivity contribution in [3.05, 3.63) is 77.3 Å². The minimum absolute atomic E-state index is 0.185. The molecule has 2 amide bonds. The summed E-state index contributed by atoms with van der Waals surface area (Å²) in [4.78, 5) is 23.7. The van der Waals surface area contributed by atoms with E-state index < -0.39 is 11.8 Å². The molecule has 140 valence electrons. The first-order valence-corrected chi connectivity index (χ1v) is 8.46. The lowest BCUT2D eigenvalue weighted by Crippen LogP contribution is -2.42. The van der Waals surface area contributed by atoms with Crippen molar-refractivity contribution < 1.29 is 14.3 Å². The highest BCUT2D eigenvalue weighted by Gasteiger charge is 2.05. The summed E-state index contributed by atoms with van der Waals surface area (Å²) in [5.74, 6) is -0.152. The van der Waals surface area contributed by atoms with E-state index in [1.54, 1.807) is 43.5 Å². The van der Waals surface area contributed by atoms with Gasteiger partial charge in [-0.3, -0.25) is 20.4 Å². The number of amides is 2. The van der Waals surface area contributed by atoms with Gasteiger partial charge in [0.1, 0.15) is 5.75 Å². The van der Waals surface area contributed by atoms with E-state index >= 15 is 0 Å². The van der Waals surface area contributed by atoms with Crippen molar-refractivity contribution in [1.29, 1.82) is 0 Å². The van der Waals surface area contributed by atoms with E-state index in [0.29, 0.717) is 16.5 Å². The molecule has 0 unspecified atom stereocenters. The van der Waals surface area contributed by atoms with Crippen LogP contribution in [0, 0.1) is 0 Å². The van der Waals surface area contributed by atoms with Crippen molar-refractivity contribution in [3.63, 3.8) is 0 Å². The maximum absolute atomic E-state index is 11.8. The molecule has 2 aromatic rings. The van der Waals surface area contributed by atoms with Gasteiger partial charge in [0.25, 0.3) is 5.91 Å². The first-order valence-electron chi connectivity index (χ1n) is 8.08. The second-order valence-electron chi connectivity index (χ2n) is 5.45. The summed E-state index contributed by atoms with van der Waals surface area (Å²) >= 11 is 5.82. The van der Waals surface area contributed by atoms with E-state index in [9.17, 15) is 9.59 Å². The van der Waals surface area contributed by atoms with Gasteiger partial charge in [0.2, 0.25) is 5.91 Å². The Balaban J connectivity index is 1.76. The van der Waals surface area contributed by atoms with Gasteiger partial charge >= 0.3 is 0 Å². The van der Waals surface area contributed by atoms with Crippen LogP contribution in [0.3, 0.4) is 0 Å². The molecule has 2 aromatic carbocycles. The third kappa shape index (κ3) is 6.52. The van der Waals surface area contributed by atoms with Crippen molar-refractivity contribution in [2.75, 3.05) is 13.7 Å². The number of ether oxygens (including phenoxy) is 1. The molecule has 0 atom stereocenters. The summed E-state index contributed by atoms with van der Waals surface area (Å²) in [6.07, 6.45) is 2.96. The largest absolute Gasteiger partial charge is 0.496 e. The topological polar surface area (TPSA) is 79.5 Å². The van der Waals surface area contributed by atoms with E-state index in [1.165, 1.54) is 6.08 Å². The smallest absolute Gasteiger partial charge is 0.257 e. The molecule has 0 spiro atoms. The quantitative estimate of drug-likeness (QED) is 0.482. The molecule has 0 aliphatic rings. The maximum Gasteiger partial charge on any atom is 0.257 e. The number of benzene rings is 2. The van der Waals surface area contributed by atoms with Gasteiger partial charge in [-0.2, -0.15) is 0 Å². The van der Waals surface area contributed by atoms with Crippen LogP contribution in [0.25, 0.3) is 11.8 Å². The van der Waals surface area contributed by atoms with Crippen molar-refractivity contribution in [2.24, 2.45) is 0 Å². The zero-order valence-electron chi connectivity index (χ0n) is 14.8. The molecule has 0 heterocycles. The standard InChI is InChI=1S/C20H20ClN3O3/c1-14(15-7-10-17(21)11-8-15)23-24-20(26)13-22-19(25)12-9-16-5-3-4-6-18(16)27-2/h3-12,23H,1,13H2,2H3,(H,22,25)(H,24,26)/b12-9+. The highest BCUT2D eigenvalue weighted by molar-refractivity contribution is 6.30. The van der Waals surface area contributed by atoms with Gasteiger partial charge in [-0.25, -0.2) is 0 Å². The van der Waals surface area contributed by atoms with Gasteiger partial charge in [-0.15, -0.1) is 0 Å². The van der Waals surface area contributed by atoms with Gasteiger partial charge in [-0.1, -0.05) is 48.5 Å². The molecule has 0 radical (unpaired) electrons. The second-order valence-corrected chi connectivity index (χ2v) is 5.89. The molecule has 0 aliphatic heterocycles. The summed E-state index contributed by atoms with van der Waals surface area (Å²) in [6, 6.07) is 14.3. The third-order valence-electron chi connectivity index (χ3n) is 3.52. The Morgan fingerprint density at radius 2 is 1.81 bits per heavy atom. The molecule has 0 aliphatic carbocycles. The van der Waals surface area contributed by atoms with Crippen LogP contribution in [0.5, 0.6) is 5.75 Å². The van der Waals surface area contributed by atoms with Gasteiger partial charge in [-0.05, 0) is 29.8 Å². The molecule has 0 bridgehead atoms. The van der Waals surface area contributed by atoms with Gasteiger partial charge in [0, 0.05) is 16.7 Å². The van der Waals surface area contributed by atoms with Crippen LogP contribution in [0.1, 0.15) is 11.1 Å². The van der Waals surface area contributed by atoms with Crippen LogP contribution < -0.4 is 20.9 Å². The fourth-order valence-electron chi connectivity index (χ4n) is 2.11.